The zero-order valence-electron chi connectivity index (χ0n) is 6.82. The number of guanidine groups is 1. The molecule has 0 aromatic heterocycles. The molecule has 0 heterocycles. The molecule has 0 spiro atoms. The average molecular weight is 176 g/mol. The fourth-order valence-corrected chi connectivity index (χ4v) is 0.867. The molecular weight excluding hydrogens is 160 g/mol. The molecular formula is C6H16N4S. The van der Waals surface area contributed by atoms with Crippen LogP contribution in [0.2, 0.25) is 0 Å². The SMILES string of the molecule is CN=C(N)N(S)CCCCN. The van der Waals surface area contributed by atoms with Gasteiger partial charge in [0.2, 0.25) is 5.96 Å². The lowest BCUT2D eigenvalue weighted by atomic mass is 10.3. The van der Waals surface area contributed by atoms with Crippen LogP contribution in [0, 0.1) is 0 Å². The van der Waals surface area contributed by atoms with Crippen molar-refractivity contribution in [2.45, 2.75) is 12.8 Å². The topological polar surface area (TPSA) is 67.6 Å². The van der Waals surface area contributed by atoms with E-state index >= 15 is 0 Å². The molecule has 0 saturated carbocycles. The molecule has 0 amide bonds. The largest absolute Gasteiger partial charge is 0.369 e. The van der Waals surface area contributed by atoms with Gasteiger partial charge >= 0.3 is 0 Å². The summed E-state index contributed by atoms with van der Waals surface area (Å²) in [7, 11) is 1.64. The summed E-state index contributed by atoms with van der Waals surface area (Å²) in [5.41, 5.74) is 10.8. The van der Waals surface area contributed by atoms with Crippen LogP contribution in [0.3, 0.4) is 0 Å². The minimum absolute atomic E-state index is 0.449. The van der Waals surface area contributed by atoms with Gasteiger partial charge in [0.25, 0.3) is 0 Å². The molecule has 5 heteroatoms. The predicted octanol–water partition coefficient (Wildman–Crippen LogP) is -0.183. The first-order valence-corrected chi connectivity index (χ1v) is 4.01. The van der Waals surface area contributed by atoms with Crippen LogP contribution < -0.4 is 11.5 Å². The van der Waals surface area contributed by atoms with Crippen LogP contribution >= 0.6 is 12.8 Å². The van der Waals surface area contributed by atoms with E-state index in [9.17, 15) is 0 Å². The second-order valence-corrected chi connectivity index (χ2v) is 2.68. The Labute approximate surface area is 73.2 Å². The van der Waals surface area contributed by atoms with Crippen LogP contribution in [0.1, 0.15) is 12.8 Å². The molecule has 0 bridgehead atoms. The summed E-state index contributed by atoms with van der Waals surface area (Å²) in [5.74, 6) is 0.449. The van der Waals surface area contributed by atoms with Gasteiger partial charge in [0.05, 0.1) is 0 Å². The fourth-order valence-electron chi connectivity index (χ4n) is 0.636. The van der Waals surface area contributed by atoms with Crippen molar-refractivity contribution in [3.05, 3.63) is 0 Å². The van der Waals surface area contributed by atoms with Gasteiger partial charge in [-0.3, -0.25) is 9.30 Å². The summed E-state index contributed by atoms with van der Waals surface area (Å²) in [5, 5.41) is 0. The normalized spacial score (nSPS) is 11.7. The number of aliphatic imine (C=N–C) groups is 1. The molecule has 0 aliphatic heterocycles. The Morgan fingerprint density at radius 1 is 1.55 bits per heavy atom. The van der Waals surface area contributed by atoms with E-state index in [2.05, 4.69) is 17.8 Å². The lowest BCUT2D eigenvalue weighted by Crippen LogP contribution is -2.30. The van der Waals surface area contributed by atoms with Gasteiger partial charge in [-0.1, -0.05) is 12.8 Å². The lowest BCUT2D eigenvalue weighted by Gasteiger charge is -2.14. The van der Waals surface area contributed by atoms with Crippen molar-refractivity contribution in [3.63, 3.8) is 0 Å². The predicted molar refractivity (Wildman–Crippen MR) is 51.5 cm³/mol. The summed E-state index contributed by atoms with van der Waals surface area (Å²) in [6.07, 6.45) is 1.99. The maximum atomic E-state index is 5.47. The van der Waals surface area contributed by atoms with E-state index in [0.717, 1.165) is 19.4 Å². The average Bonchev–Trinajstić information content (AvgIpc) is 2.03. The molecule has 66 valence electrons. The molecule has 0 aromatic rings. The zero-order valence-corrected chi connectivity index (χ0v) is 7.72. The third-order valence-electron chi connectivity index (χ3n) is 1.32. The smallest absolute Gasteiger partial charge is 0.201 e. The van der Waals surface area contributed by atoms with Crippen LogP contribution in [0.25, 0.3) is 0 Å². The van der Waals surface area contributed by atoms with Crippen LogP contribution in [-0.2, 0) is 0 Å². The highest BCUT2D eigenvalue weighted by atomic mass is 32.1. The van der Waals surface area contributed by atoms with Crippen LogP contribution in [0.4, 0.5) is 0 Å². The standard InChI is InChI=1S/C6H16N4S/c1-9-6(8)10(11)5-3-2-4-7/h11H,2-5,7H2,1H3,(H2,8,9). The molecule has 4 N–H and O–H groups in total. The first kappa shape index (κ1) is 10.6. The maximum absolute atomic E-state index is 5.47. The van der Waals surface area contributed by atoms with E-state index in [1.165, 1.54) is 0 Å². The molecule has 0 aliphatic carbocycles. The molecule has 0 fully saturated rings. The first-order chi connectivity index (χ1) is 5.22. The maximum Gasteiger partial charge on any atom is 0.201 e. The monoisotopic (exact) mass is 176 g/mol. The van der Waals surface area contributed by atoms with E-state index in [0.29, 0.717) is 12.5 Å². The number of unbranched alkanes of at least 4 members (excludes halogenated alkanes) is 1. The minimum Gasteiger partial charge on any atom is -0.369 e. The highest BCUT2D eigenvalue weighted by Gasteiger charge is 1.99. The van der Waals surface area contributed by atoms with Gasteiger partial charge in [0.15, 0.2) is 0 Å². The second kappa shape index (κ2) is 6.30. The van der Waals surface area contributed by atoms with E-state index in [1.54, 1.807) is 11.4 Å². The quantitative estimate of drug-likeness (QED) is 0.241. The number of thiol groups is 1. The third-order valence-corrected chi connectivity index (χ3v) is 1.72. The highest BCUT2D eigenvalue weighted by molar-refractivity contribution is 7.78. The summed E-state index contributed by atoms with van der Waals surface area (Å²) in [6, 6.07) is 0. The fraction of sp³-hybridized carbons (Fsp3) is 0.833. The number of nitrogens with zero attached hydrogens (tertiary/aromatic N) is 2. The van der Waals surface area contributed by atoms with Gasteiger partial charge in [0.1, 0.15) is 0 Å². The number of hydrogen-bond acceptors (Lipinski definition) is 3. The van der Waals surface area contributed by atoms with Gasteiger partial charge in [-0.25, -0.2) is 0 Å². The van der Waals surface area contributed by atoms with Crippen molar-refractivity contribution >= 4 is 18.8 Å². The van der Waals surface area contributed by atoms with Crippen LogP contribution in [-0.4, -0.2) is 30.4 Å². The Morgan fingerprint density at radius 3 is 2.64 bits per heavy atom. The summed E-state index contributed by atoms with van der Waals surface area (Å²) < 4.78 is 1.62. The Bertz CT molecular complexity index is 126. The van der Waals surface area contributed by atoms with Gasteiger partial charge < -0.3 is 11.5 Å². The van der Waals surface area contributed by atoms with Gasteiger partial charge in [-0.2, -0.15) is 0 Å². The molecule has 4 nitrogen and oxygen atoms in total. The van der Waals surface area contributed by atoms with E-state index < -0.39 is 0 Å². The highest BCUT2D eigenvalue weighted by Crippen LogP contribution is 1.96. The third kappa shape index (κ3) is 4.92. The van der Waals surface area contributed by atoms with Crippen molar-refractivity contribution in [2.75, 3.05) is 20.1 Å². The minimum atomic E-state index is 0.449. The molecule has 0 atom stereocenters. The van der Waals surface area contributed by atoms with E-state index in [-0.39, 0.29) is 0 Å². The van der Waals surface area contributed by atoms with E-state index in [1.807, 2.05) is 0 Å². The van der Waals surface area contributed by atoms with Crippen molar-refractivity contribution in [2.24, 2.45) is 16.5 Å². The summed E-state index contributed by atoms with van der Waals surface area (Å²) in [4.78, 5) is 3.78. The number of nitrogens with two attached hydrogens (primary N) is 2. The van der Waals surface area contributed by atoms with Gasteiger partial charge in [0, 0.05) is 13.6 Å². The Kier molecular flexibility index (Phi) is 6.06. The molecule has 0 aliphatic rings. The summed E-state index contributed by atoms with van der Waals surface area (Å²) in [6.45, 7) is 1.51. The molecule has 0 rings (SSSR count). The molecule has 0 saturated heterocycles. The number of hydrogen-bond donors (Lipinski definition) is 3. The molecule has 0 aromatic carbocycles. The summed E-state index contributed by atoms with van der Waals surface area (Å²) >= 11 is 4.11. The Hall–Kier alpha value is -0.420. The van der Waals surface area contributed by atoms with Crippen molar-refractivity contribution < 1.29 is 0 Å². The Balaban J connectivity index is 3.44. The van der Waals surface area contributed by atoms with Crippen LogP contribution in [0.15, 0.2) is 4.99 Å². The van der Waals surface area contributed by atoms with E-state index in [4.69, 9.17) is 11.5 Å². The lowest BCUT2D eigenvalue weighted by molar-refractivity contribution is 0.603. The van der Waals surface area contributed by atoms with Crippen molar-refractivity contribution in [1.82, 2.24) is 4.31 Å². The second-order valence-electron chi connectivity index (χ2n) is 2.20. The Morgan fingerprint density at radius 2 is 2.18 bits per heavy atom. The number of rotatable bonds is 4. The van der Waals surface area contributed by atoms with Gasteiger partial charge in [-0.05, 0) is 19.4 Å². The first-order valence-electron chi connectivity index (χ1n) is 3.61. The van der Waals surface area contributed by atoms with Crippen LogP contribution in [0.5, 0.6) is 0 Å². The molecule has 0 radical (unpaired) electrons. The molecule has 0 unspecified atom stereocenters. The zero-order chi connectivity index (χ0) is 8.69. The van der Waals surface area contributed by atoms with Crippen molar-refractivity contribution in [3.8, 4) is 0 Å². The van der Waals surface area contributed by atoms with Gasteiger partial charge in [-0.15, -0.1) is 0 Å². The van der Waals surface area contributed by atoms with Crippen molar-refractivity contribution in [1.29, 1.82) is 0 Å². The molecule has 11 heavy (non-hydrogen) atoms.